The number of anilines is 1. The van der Waals surface area contributed by atoms with E-state index in [2.05, 4.69) is 11.9 Å². The van der Waals surface area contributed by atoms with Crippen molar-refractivity contribution < 1.29 is 27.9 Å². The van der Waals surface area contributed by atoms with Gasteiger partial charge in [0, 0.05) is 51.4 Å². The third-order valence-corrected chi connectivity index (χ3v) is 7.94. The van der Waals surface area contributed by atoms with Gasteiger partial charge in [-0.05, 0) is 61.8 Å². The van der Waals surface area contributed by atoms with Gasteiger partial charge in [0.1, 0.15) is 11.0 Å². The zero-order valence-electron chi connectivity index (χ0n) is 23.0. The second kappa shape index (κ2) is 13.0. The number of rotatable bonds is 9. The van der Waals surface area contributed by atoms with Gasteiger partial charge < -0.3 is 19.8 Å². The third kappa shape index (κ3) is 7.19. The maximum atomic E-state index is 14.0. The van der Waals surface area contributed by atoms with Gasteiger partial charge in [-0.2, -0.15) is 13.2 Å². The lowest BCUT2D eigenvalue weighted by Crippen LogP contribution is -2.57. The zero-order valence-corrected chi connectivity index (χ0v) is 24.5. The van der Waals surface area contributed by atoms with Crippen LogP contribution in [0.4, 0.5) is 19.0 Å². The first-order valence-electron chi connectivity index (χ1n) is 13.1. The molecule has 40 heavy (non-hydrogen) atoms. The van der Waals surface area contributed by atoms with Crippen LogP contribution in [0.1, 0.15) is 48.5 Å². The number of alkyl halides is 3. The van der Waals surface area contributed by atoms with Crippen LogP contribution < -0.4 is 4.90 Å². The van der Waals surface area contributed by atoms with E-state index in [0.717, 1.165) is 29.9 Å². The van der Waals surface area contributed by atoms with Gasteiger partial charge in [-0.1, -0.05) is 42.3 Å². The predicted octanol–water partition coefficient (Wildman–Crippen LogP) is 5.63. The lowest BCUT2D eigenvalue weighted by atomic mass is 9.85. The molecule has 0 spiro atoms. The van der Waals surface area contributed by atoms with Crippen LogP contribution in [0.25, 0.3) is 0 Å². The molecule has 2 heterocycles. The molecule has 1 saturated heterocycles. The second-order valence-electron chi connectivity index (χ2n) is 10.7. The molecule has 2 atom stereocenters. The van der Waals surface area contributed by atoms with Crippen LogP contribution in [0.15, 0.2) is 36.4 Å². The van der Waals surface area contributed by atoms with Crippen LogP contribution in [0.2, 0.25) is 10.2 Å². The minimum Gasteiger partial charge on any atom is -0.368 e. The van der Waals surface area contributed by atoms with Crippen LogP contribution >= 0.6 is 23.2 Å². The highest BCUT2D eigenvalue weighted by Crippen LogP contribution is 2.42. The topological polar surface area (TPSA) is 77.0 Å². The first kappa shape index (κ1) is 32.0. The molecule has 1 unspecified atom stereocenters. The largest absolute Gasteiger partial charge is 0.430 e. The third-order valence-electron chi connectivity index (χ3n) is 7.42. The van der Waals surface area contributed by atoms with Crippen molar-refractivity contribution in [3.05, 3.63) is 57.7 Å². The molecule has 220 valence electrons. The molecule has 1 aromatic heterocycles. The Balaban J connectivity index is 1.53. The summed E-state index contributed by atoms with van der Waals surface area (Å²) in [5.41, 5.74) is -3.91. The number of pyridine rings is 1. The monoisotopic (exact) mass is 602 g/mol. The van der Waals surface area contributed by atoms with Gasteiger partial charge in [-0.3, -0.25) is 9.59 Å². The molecule has 12 heteroatoms. The minimum absolute atomic E-state index is 0.00152. The van der Waals surface area contributed by atoms with Crippen molar-refractivity contribution in [1.29, 1.82) is 0 Å². The number of carbonyl (C=O) groups excluding carboxylic acids is 2. The van der Waals surface area contributed by atoms with Gasteiger partial charge >= 0.3 is 6.18 Å². The summed E-state index contributed by atoms with van der Waals surface area (Å²) in [6.45, 7) is 3.08. The molecule has 1 aliphatic rings. The van der Waals surface area contributed by atoms with Crippen molar-refractivity contribution in [3.63, 3.8) is 0 Å². The quantitative estimate of drug-likeness (QED) is 0.376. The molecule has 1 aromatic carbocycles. The normalized spacial score (nSPS) is 16.8. The second-order valence-corrected chi connectivity index (χ2v) is 11.5. The molecule has 0 bridgehead atoms. The Labute approximate surface area is 242 Å². The average molecular weight is 604 g/mol. The number of hydrogen-bond donors (Lipinski definition) is 1. The molecule has 0 radical (unpaired) electrons. The van der Waals surface area contributed by atoms with E-state index in [1.54, 1.807) is 26.2 Å². The van der Waals surface area contributed by atoms with E-state index in [0.29, 0.717) is 36.7 Å². The fourth-order valence-corrected chi connectivity index (χ4v) is 5.40. The summed E-state index contributed by atoms with van der Waals surface area (Å²) in [6, 6.07) is 8.11. The van der Waals surface area contributed by atoms with E-state index in [-0.39, 0.29) is 35.1 Å². The van der Waals surface area contributed by atoms with Crippen molar-refractivity contribution in [3.8, 4) is 0 Å². The zero-order chi connectivity index (χ0) is 29.8. The lowest BCUT2D eigenvalue weighted by molar-refractivity contribution is -0.262. The van der Waals surface area contributed by atoms with E-state index in [1.165, 1.54) is 17.0 Å². The van der Waals surface area contributed by atoms with Crippen molar-refractivity contribution in [2.24, 2.45) is 11.8 Å². The number of amides is 2. The summed E-state index contributed by atoms with van der Waals surface area (Å²) in [7, 11) is 5.18. The molecule has 0 saturated carbocycles. The van der Waals surface area contributed by atoms with Crippen LogP contribution in [-0.2, 0) is 10.4 Å². The average Bonchev–Trinajstić information content (AvgIpc) is 2.90. The van der Waals surface area contributed by atoms with Crippen LogP contribution in [-0.4, -0.2) is 78.7 Å². The molecule has 1 aliphatic heterocycles. The van der Waals surface area contributed by atoms with Gasteiger partial charge in [0.15, 0.2) is 0 Å². The first-order chi connectivity index (χ1) is 18.6. The van der Waals surface area contributed by atoms with E-state index in [4.69, 9.17) is 23.2 Å². The van der Waals surface area contributed by atoms with Crippen LogP contribution in [0, 0.1) is 11.8 Å². The number of piperidine rings is 1. The number of hydrogen-bond acceptors (Lipinski definition) is 5. The summed E-state index contributed by atoms with van der Waals surface area (Å²) in [5.74, 6) is -0.381. The Morgan fingerprint density at radius 3 is 2.33 bits per heavy atom. The van der Waals surface area contributed by atoms with Gasteiger partial charge in [0.2, 0.25) is 0 Å². The van der Waals surface area contributed by atoms with E-state index in [1.807, 2.05) is 11.9 Å². The minimum atomic E-state index is -5.20. The molecule has 3 rings (SSSR count). The highest BCUT2D eigenvalue weighted by molar-refractivity contribution is 6.32. The van der Waals surface area contributed by atoms with E-state index >= 15 is 0 Å². The SMILES string of the molecule is CC(CCN(C)c1ccc(C(=O)N(C)C)c(Cl)n1)CC1CCN(C(=O)[C@@](O)(c2cccc(Cl)c2)C(F)(F)F)CC1. The summed E-state index contributed by atoms with van der Waals surface area (Å²) < 4.78 is 42.0. The van der Waals surface area contributed by atoms with Crippen LogP contribution in [0.3, 0.4) is 0 Å². The Bertz CT molecular complexity index is 1210. The maximum Gasteiger partial charge on any atom is 0.430 e. The molecule has 7 nitrogen and oxygen atoms in total. The lowest BCUT2D eigenvalue weighted by Gasteiger charge is -2.39. The fraction of sp³-hybridized carbons (Fsp3) is 0.536. The summed E-state index contributed by atoms with van der Waals surface area (Å²) in [4.78, 5) is 34.0. The van der Waals surface area contributed by atoms with Gasteiger partial charge in [0.25, 0.3) is 17.4 Å². The van der Waals surface area contributed by atoms with Gasteiger partial charge in [-0.15, -0.1) is 0 Å². The number of aromatic nitrogens is 1. The molecular formula is C28H35Cl2F3N4O3. The molecule has 1 N–H and O–H groups in total. The number of halogens is 5. The predicted molar refractivity (Wildman–Crippen MR) is 150 cm³/mol. The van der Waals surface area contributed by atoms with E-state index in [9.17, 15) is 27.9 Å². The van der Waals surface area contributed by atoms with Crippen LogP contribution in [0.5, 0.6) is 0 Å². The Morgan fingerprint density at radius 2 is 1.77 bits per heavy atom. The summed E-state index contributed by atoms with van der Waals surface area (Å²) in [6.07, 6.45) is -2.40. The highest BCUT2D eigenvalue weighted by Gasteiger charge is 2.62. The smallest absolute Gasteiger partial charge is 0.368 e. The molecule has 1 fully saturated rings. The number of benzene rings is 1. The van der Waals surface area contributed by atoms with Gasteiger partial charge in [0.05, 0.1) is 5.56 Å². The Hall–Kier alpha value is -2.56. The summed E-state index contributed by atoms with van der Waals surface area (Å²) >= 11 is 12.1. The Morgan fingerprint density at radius 1 is 1.12 bits per heavy atom. The van der Waals surface area contributed by atoms with Crippen molar-refractivity contribution in [2.45, 2.75) is 44.4 Å². The van der Waals surface area contributed by atoms with Crippen molar-refractivity contribution in [2.75, 3.05) is 45.7 Å². The molecule has 2 amide bonds. The standard InChI is InChI=1S/C28H35Cl2F3N4O3/c1-18(10-13-36(4)23-9-8-22(24(30)34-23)25(38)35(2)3)16-19-11-14-37(15-12-19)26(39)27(40,28(31,32)33)20-6-5-7-21(29)17-20/h5-9,17-19,40H,10-16H2,1-4H3/t18?,27-/m0/s1. The fourth-order valence-electron chi connectivity index (χ4n) is 4.98. The number of aliphatic hydroxyl groups is 1. The summed E-state index contributed by atoms with van der Waals surface area (Å²) in [5, 5.41) is 10.8. The maximum absolute atomic E-state index is 14.0. The number of nitrogens with zero attached hydrogens (tertiary/aromatic N) is 4. The van der Waals surface area contributed by atoms with Crippen molar-refractivity contribution >= 4 is 40.8 Å². The Kier molecular flexibility index (Phi) is 10.4. The molecular weight excluding hydrogens is 568 g/mol. The first-order valence-corrected chi connectivity index (χ1v) is 13.8. The van der Waals surface area contributed by atoms with Gasteiger partial charge in [-0.25, -0.2) is 4.98 Å². The highest BCUT2D eigenvalue weighted by atomic mass is 35.5. The molecule has 2 aromatic rings. The number of likely N-dealkylation sites (tertiary alicyclic amines) is 1. The number of carbonyl (C=O) groups is 2. The van der Waals surface area contributed by atoms with E-state index < -0.39 is 23.2 Å². The molecule has 0 aliphatic carbocycles. The van der Waals surface area contributed by atoms with Crippen molar-refractivity contribution in [1.82, 2.24) is 14.8 Å².